The molecule has 2 rings (SSSR count). The van der Waals surface area contributed by atoms with E-state index in [1.165, 1.54) is 5.56 Å². The SMILES string of the molecule is CCc1cc(N)c2cc(Br)cc(CC)c2n1. The number of nitrogens with two attached hydrogens (primary N) is 1. The molecule has 84 valence electrons. The Morgan fingerprint density at radius 3 is 2.56 bits per heavy atom. The molecule has 0 atom stereocenters. The van der Waals surface area contributed by atoms with E-state index in [4.69, 9.17) is 5.73 Å². The number of halogens is 1. The molecule has 1 aromatic carbocycles. The minimum absolute atomic E-state index is 0.817. The lowest BCUT2D eigenvalue weighted by atomic mass is 10.1. The molecule has 0 aliphatic heterocycles. The second-order valence-electron chi connectivity index (χ2n) is 3.87. The van der Waals surface area contributed by atoms with Gasteiger partial charge >= 0.3 is 0 Å². The fourth-order valence-electron chi connectivity index (χ4n) is 1.89. The Kier molecular flexibility index (Phi) is 3.15. The number of aromatic nitrogens is 1. The molecule has 0 spiro atoms. The van der Waals surface area contributed by atoms with E-state index in [0.717, 1.165) is 39.6 Å². The standard InChI is InChI=1S/C13H15BrN2/c1-3-8-5-9(14)6-11-12(15)7-10(4-2)16-13(8)11/h5-7H,3-4H2,1-2H3,(H2,15,16). The number of anilines is 1. The van der Waals surface area contributed by atoms with Gasteiger partial charge in [-0.2, -0.15) is 0 Å². The fraction of sp³-hybridized carbons (Fsp3) is 0.308. The molecule has 2 nitrogen and oxygen atoms in total. The minimum Gasteiger partial charge on any atom is -0.398 e. The lowest BCUT2D eigenvalue weighted by Crippen LogP contribution is -1.97. The maximum atomic E-state index is 6.06. The van der Waals surface area contributed by atoms with E-state index in [1.807, 2.05) is 12.1 Å². The summed E-state index contributed by atoms with van der Waals surface area (Å²) in [4.78, 5) is 4.67. The van der Waals surface area contributed by atoms with Gasteiger partial charge in [0.25, 0.3) is 0 Å². The van der Waals surface area contributed by atoms with Crippen LogP contribution < -0.4 is 5.73 Å². The normalized spacial score (nSPS) is 10.9. The molecule has 0 saturated heterocycles. The first-order valence-electron chi connectivity index (χ1n) is 5.53. The number of benzene rings is 1. The van der Waals surface area contributed by atoms with Gasteiger partial charge in [-0.05, 0) is 36.6 Å². The lowest BCUT2D eigenvalue weighted by Gasteiger charge is -2.09. The first kappa shape index (κ1) is 11.4. The highest BCUT2D eigenvalue weighted by Crippen LogP contribution is 2.28. The van der Waals surface area contributed by atoms with Crippen molar-refractivity contribution in [3.63, 3.8) is 0 Å². The highest BCUT2D eigenvalue weighted by Gasteiger charge is 2.07. The van der Waals surface area contributed by atoms with E-state index < -0.39 is 0 Å². The second kappa shape index (κ2) is 4.42. The van der Waals surface area contributed by atoms with Gasteiger partial charge in [-0.15, -0.1) is 0 Å². The third-order valence-electron chi connectivity index (χ3n) is 2.79. The van der Waals surface area contributed by atoms with Crippen molar-refractivity contribution < 1.29 is 0 Å². The molecule has 0 aliphatic carbocycles. The van der Waals surface area contributed by atoms with Crippen molar-refractivity contribution in [2.24, 2.45) is 0 Å². The fourth-order valence-corrected chi connectivity index (χ4v) is 2.40. The van der Waals surface area contributed by atoms with Crippen LogP contribution in [0.1, 0.15) is 25.1 Å². The van der Waals surface area contributed by atoms with Crippen molar-refractivity contribution in [3.05, 3.63) is 33.9 Å². The molecule has 1 aromatic heterocycles. The van der Waals surface area contributed by atoms with Gasteiger partial charge < -0.3 is 5.73 Å². The molecule has 0 radical (unpaired) electrons. The van der Waals surface area contributed by atoms with Gasteiger partial charge in [-0.1, -0.05) is 29.8 Å². The average molecular weight is 279 g/mol. The Hall–Kier alpha value is -1.09. The number of hydrogen-bond acceptors (Lipinski definition) is 2. The lowest BCUT2D eigenvalue weighted by molar-refractivity contribution is 1.05. The van der Waals surface area contributed by atoms with Crippen molar-refractivity contribution in [1.82, 2.24) is 4.98 Å². The molecule has 0 bridgehead atoms. The number of nitrogens with zero attached hydrogens (tertiary/aromatic N) is 1. The molecule has 16 heavy (non-hydrogen) atoms. The Bertz CT molecular complexity index is 535. The number of hydrogen-bond donors (Lipinski definition) is 1. The maximum absolute atomic E-state index is 6.06. The predicted molar refractivity (Wildman–Crippen MR) is 72.6 cm³/mol. The maximum Gasteiger partial charge on any atom is 0.0758 e. The van der Waals surface area contributed by atoms with Gasteiger partial charge in [0.1, 0.15) is 0 Å². The highest BCUT2D eigenvalue weighted by molar-refractivity contribution is 9.10. The number of pyridine rings is 1. The summed E-state index contributed by atoms with van der Waals surface area (Å²) in [6.45, 7) is 4.23. The molecule has 0 fully saturated rings. The zero-order valence-corrected chi connectivity index (χ0v) is 11.1. The van der Waals surface area contributed by atoms with E-state index in [0.29, 0.717) is 0 Å². The molecule has 2 aromatic rings. The van der Waals surface area contributed by atoms with Crippen molar-refractivity contribution in [2.45, 2.75) is 26.7 Å². The summed E-state index contributed by atoms with van der Waals surface area (Å²) in [5.74, 6) is 0. The van der Waals surface area contributed by atoms with Crippen molar-refractivity contribution in [3.8, 4) is 0 Å². The van der Waals surface area contributed by atoms with Crippen LogP contribution in [0.2, 0.25) is 0 Å². The molecular weight excluding hydrogens is 264 g/mol. The Morgan fingerprint density at radius 2 is 1.94 bits per heavy atom. The van der Waals surface area contributed by atoms with Crippen LogP contribution in [0, 0.1) is 0 Å². The third-order valence-corrected chi connectivity index (χ3v) is 3.24. The Labute approximate surface area is 104 Å². The Morgan fingerprint density at radius 1 is 1.19 bits per heavy atom. The van der Waals surface area contributed by atoms with Gasteiger partial charge in [0.15, 0.2) is 0 Å². The van der Waals surface area contributed by atoms with E-state index in [2.05, 4.69) is 40.8 Å². The van der Waals surface area contributed by atoms with Crippen LogP contribution >= 0.6 is 15.9 Å². The summed E-state index contributed by atoms with van der Waals surface area (Å²) in [6, 6.07) is 6.12. The van der Waals surface area contributed by atoms with Gasteiger partial charge in [-0.3, -0.25) is 4.98 Å². The average Bonchev–Trinajstić information content (AvgIpc) is 2.28. The van der Waals surface area contributed by atoms with Crippen LogP contribution in [0.4, 0.5) is 5.69 Å². The van der Waals surface area contributed by atoms with Crippen LogP contribution in [-0.4, -0.2) is 4.98 Å². The first-order valence-corrected chi connectivity index (χ1v) is 6.32. The van der Waals surface area contributed by atoms with Crippen LogP contribution in [-0.2, 0) is 12.8 Å². The van der Waals surface area contributed by atoms with Crippen molar-refractivity contribution >= 4 is 32.5 Å². The van der Waals surface area contributed by atoms with Gasteiger partial charge in [-0.25, -0.2) is 0 Å². The first-order chi connectivity index (χ1) is 7.65. The van der Waals surface area contributed by atoms with Gasteiger partial charge in [0.2, 0.25) is 0 Å². The van der Waals surface area contributed by atoms with E-state index in [9.17, 15) is 0 Å². The molecule has 1 heterocycles. The summed E-state index contributed by atoms with van der Waals surface area (Å²) >= 11 is 3.51. The number of aryl methyl sites for hydroxylation is 2. The quantitative estimate of drug-likeness (QED) is 0.910. The van der Waals surface area contributed by atoms with Crippen LogP contribution in [0.3, 0.4) is 0 Å². The summed E-state index contributed by atoms with van der Waals surface area (Å²) in [6.07, 6.45) is 1.88. The summed E-state index contributed by atoms with van der Waals surface area (Å²) in [5.41, 5.74) is 10.2. The largest absolute Gasteiger partial charge is 0.398 e. The number of fused-ring (bicyclic) bond motifs is 1. The molecule has 3 heteroatoms. The monoisotopic (exact) mass is 278 g/mol. The smallest absolute Gasteiger partial charge is 0.0758 e. The molecule has 0 aliphatic rings. The zero-order valence-electron chi connectivity index (χ0n) is 9.55. The number of nitrogen functional groups attached to an aromatic ring is 1. The van der Waals surface area contributed by atoms with E-state index in [-0.39, 0.29) is 0 Å². The van der Waals surface area contributed by atoms with Gasteiger partial charge in [0, 0.05) is 21.2 Å². The van der Waals surface area contributed by atoms with Crippen LogP contribution in [0.15, 0.2) is 22.7 Å². The Balaban J connectivity index is 2.83. The van der Waals surface area contributed by atoms with E-state index in [1.54, 1.807) is 0 Å². The molecule has 0 amide bonds. The molecule has 0 saturated carbocycles. The van der Waals surface area contributed by atoms with Crippen molar-refractivity contribution in [1.29, 1.82) is 0 Å². The zero-order chi connectivity index (χ0) is 11.7. The summed E-state index contributed by atoms with van der Waals surface area (Å²) in [5, 5.41) is 1.04. The van der Waals surface area contributed by atoms with E-state index >= 15 is 0 Å². The van der Waals surface area contributed by atoms with Crippen LogP contribution in [0.5, 0.6) is 0 Å². The third kappa shape index (κ3) is 1.92. The second-order valence-corrected chi connectivity index (χ2v) is 4.79. The predicted octanol–water partition coefficient (Wildman–Crippen LogP) is 3.70. The molecule has 2 N–H and O–H groups in total. The molecule has 0 unspecified atom stereocenters. The summed E-state index contributed by atoms with van der Waals surface area (Å²) < 4.78 is 1.06. The summed E-state index contributed by atoms with van der Waals surface area (Å²) in [7, 11) is 0. The topological polar surface area (TPSA) is 38.9 Å². The molecular formula is C13H15BrN2. The van der Waals surface area contributed by atoms with Crippen molar-refractivity contribution in [2.75, 3.05) is 5.73 Å². The number of rotatable bonds is 2. The minimum atomic E-state index is 0.817. The highest BCUT2D eigenvalue weighted by atomic mass is 79.9. The van der Waals surface area contributed by atoms with Gasteiger partial charge in [0.05, 0.1) is 5.52 Å². The van der Waals surface area contributed by atoms with Crippen LogP contribution in [0.25, 0.3) is 10.9 Å².